The highest BCUT2D eigenvalue weighted by atomic mass is 16.2. The molecule has 0 spiro atoms. The number of ketones is 1. The molecule has 4 heteroatoms. The highest BCUT2D eigenvalue weighted by Crippen LogP contribution is 2.14. The van der Waals surface area contributed by atoms with Crippen molar-refractivity contribution in [3.63, 3.8) is 0 Å². The van der Waals surface area contributed by atoms with Crippen molar-refractivity contribution in [1.29, 1.82) is 0 Å². The average Bonchev–Trinajstić information content (AvgIpc) is 2.61. The summed E-state index contributed by atoms with van der Waals surface area (Å²) in [6.07, 6.45) is 0. The Hall–Kier alpha value is -2.46. The summed E-state index contributed by atoms with van der Waals surface area (Å²) < 4.78 is 0. The van der Waals surface area contributed by atoms with Crippen LogP contribution < -0.4 is 10.2 Å². The van der Waals surface area contributed by atoms with E-state index in [-0.39, 0.29) is 17.7 Å². The molecule has 26 heavy (non-hydrogen) atoms. The van der Waals surface area contributed by atoms with Gasteiger partial charge in [0.05, 0.1) is 7.05 Å². The summed E-state index contributed by atoms with van der Waals surface area (Å²) in [6, 6.07) is 15.4. The van der Waals surface area contributed by atoms with E-state index in [4.69, 9.17) is 0 Å². The van der Waals surface area contributed by atoms with Gasteiger partial charge in [-0.15, -0.1) is 0 Å². The summed E-state index contributed by atoms with van der Waals surface area (Å²) in [5.74, 6) is 0.452. The summed E-state index contributed by atoms with van der Waals surface area (Å²) >= 11 is 0. The van der Waals surface area contributed by atoms with E-state index in [1.165, 1.54) is 18.1 Å². The van der Waals surface area contributed by atoms with Crippen molar-refractivity contribution in [2.75, 3.05) is 12.4 Å². The first-order valence-corrected chi connectivity index (χ1v) is 9.11. The molecule has 2 aromatic rings. The van der Waals surface area contributed by atoms with Crippen LogP contribution in [0.4, 0.5) is 5.69 Å². The Labute approximate surface area is 156 Å². The maximum Gasteiger partial charge on any atom is 0.282 e. The number of nitrogens with one attached hydrogen (secondary N) is 2. The fourth-order valence-corrected chi connectivity index (χ4v) is 2.79. The second-order valence-corrected chi connectivity index (χ2v) is 7.27. The Morgan fingerprint density at radius 3 is 2.27 bits per heavy atom. The number of quaternary nitrogens is 1. The average molecular weight is 353 g/mol. The molecule has 2 N–H and O–H groups in total. The van der Waals surface area contributed by atoms with Crippen LogP contribution in [0.15, 0.2) is 48.5 Å². The molecular weight excluding hydrogens is 324 g/mol. The molecule has 0 aromatic heterocycles. The van der Waals surface area contributed by atoms with Crippen molar-refractivity contribution in [3.05, 3.63) is 65.2 Å². The molecule has 2 rings (SSSR count). The molecule has 2 aromatic carbocycles. The molecular formula is C22H29N2O2+. The van der Waals surface area contributed by atoms with Crippen LogP contribution in [0, 0.1) is 0 Å². The van der Waals surface area contributed by atoms with Crippen LogP contribution in [0.3, 0.4) is 0 Å². The van der Waals surface area contributed by atoms with Crippen molar-refractivity contribution in [3.8, 4) is 0 Å². The zero-order valence-electron chi connectivity index (χ0n) is 16.3. The molecule has 0 aliphatic heterocycles. The number of hydrogen-bond acceptors (Lipinski definition) is 2. The largest absolute Gasteiger partial charge is 0.324 e. The molecule has 0 aliphatic rings. The van der Waals surface area contributed by atoms with E-state index >= 15 is 0 Å². The summed E-state index contributed by atoms with van der Waals surface area (Å²) in [5, 5.41) is 2.92. The van der Waals surface area contributed by atoms with Crippen molar-refractivity contribution >= 4 is 17.4 Å². The lowest BCUT2D eigenvalue weighted by Crippen LogP contribution is -3.12. The van der Waals surface area contributed by atoms with Crippen molar-refractivity contribution < 1.29 is 14.5 Å². The molecule has 0 heterocycles. The smallest absolute Gasteiger partial charge is 0.282 e. The maximum atomic E-state index is 12.6. The Morgan fingerprint density at radius 2 is 1.69 bits per heavy atom. The number of hydrogen-bond donors (Lipinski definition) is 2. The molecule has 2 atom stereocenters. The zero-order valence-corrected chi connectivity index (χ0v) is 16.3. The Balaban J connectivity index is 1.98. The van der Waals surface area contributed by atoms with Gasteiger partial charge in [-0.05, 0) is 37.5 Å². The lowest BCUT2D eigenvalue weighted by Gasteiger charge is -2.21. The second-order valence-electron chi connectivity index (χ2n) is 7.27. The zero-order chi connectivity index (χ0) is 19.3. The van der Waals surface area contributed by atoms with E-state index in [9.17, 15) is 9.59 Å². The molecule has 138 valence electrons. The fraction of sp³-hybridized carbons (Fsp3) is 0.364. The highest BCUT2D eigenvalue weighted by Gasteiger charge is 2.22. The second kappa shape index (κ2) is 8.77. The number of anilines is 1. The summed E-state index contributed by atoms with van der Waals surface area (Å²) in [5.41, 5.74) is 3.79. The number of carbonyl (C=O) groups is 2. The Bertz CT molecular complexity index is 766. The summed E-state index contributed by atoms with van der Waals surface area (Å²) in [7, 11) is 2.02. The van der Waals surface area contributed by atoms with Gasteiger partial charge in [-0.3, -0.25) is 9.59 Å². The molecule has 0 saturated carbocycles. The number of Topliss-reactive ketones (excluding diaryl/α,β-unsaturated/α-hetero) is 1. The quantitative estimate of drug-likeness (QED) is 0.752. The fourth-order valence-electron chi connectivity index (χ4n) is 2.79. The third kappa shape index (κ3) is 5.27. The van der Waals surface area contributed by atoms with Gasteiger partial charge < -0.3 is 10.2 Å². The highest BCUT2D eigenvalue weighted by molar-refractivity contribution is 5.97. The topological polar surface area (TPSA) is 50.6 Å². The number of benzene rings is 2. The predicted octanol–water partition coefficient (Wildman–Crippen LogP) is 3.05. The van der Waals surface area contributed by atoms with Crippen molar-refractivity contribution in [2.24, 2.45) is 0 Å². The van der Waals surface area contributed by atoms with Gasteiger partial charge in [-0.25, -0.2) is 0 Å². The van der Waals surface area contributed by atoms with Gasteiger partial charge in [-0.1, -0.05) is 50.2 Å². The van der Waals surface area contributed by atoms with E-state index in [1.54, 1.807) is 24.3 Å². The number of rotatable bonds is 7. The van der Waals surface area contributed by atoms with Crippen LogP contribution in [0.25, 0.3) is 0 Å². The van der Waals surface area contributed by atoms with E-state index < -0.39 is 0 Å². The maximum absolute atomic E-state index is 12.6. The SMILES string of the molecule is CC(=O)c1cccc(NC(=O)[C@@H](C)[NH+](C)Cc2ccc(C(C)C)cc2)c1. The van der Waals surface area contributed by atoms with E-state index in [1.807, 2.05) is 14.0 Å². The van der Waals surface area contributed by atoms with Crippen molar-refractivity contribution in [1.82, 2.24) is 0 Å². The van der Waals surface area contributed by atoms with E-state index in [2.05, 4.69) is 43.4 Å². The minimum absolute atomic E-state index is 0.0123. The number of amides is 1. The van der Waals surface area contributed by atoms with Gasteiger partial charge in [0.1, 0.15) is 6.54 Å². The lowest BCUT2D eigenvalue weighted by atomic mass is 10.0. The standard InChI is InChI=1S/C22H28N2O2/c1-15(2)19-11-9-18(10-12-19)14-24(5)16(3)22(26)23-21-8-6-7-20(13-21)17(4)25/h6-13,15-16H,14H2,1-5H3,(H,23,26)/p+1/t16-/m1/s1. The van der Waals surface area contributed by atoms with E-state index in [0.29, 0.717) is 17.2 Å². The molecule has 1 amide bonds. The minimum atomic E-state index is -0.208. The van der Waals surface area contributed by atoms with Crippen LogP contribution in [0.5, 0.6) is 0 Å². The van der Waals surface area contributed by atoms with Gasteiger partial charge in [0.15, 0.2) is 11.8 Å². The van der Waals surface area contributed by atoms with Crippen LogP contribution in [-0.4, -0.2) is 24.8 Å². The van der Waals surface area contributed by atoms with Gasteiger partial charge >= 0.3 is 0 Å². The summed E-state index contributed by atoms with van der Waals surface area (Å²) in [4.78, 5) is 25.1. The molecule has 1 unspecified atom stereocenters. The van der Waals surface area contributed by atoms with Gasteiger partial charge in [-0.2, -0.15) is 0 Å². The monoisotopic (exact) mass is 353 g/mol. The van der Waals surface area contributed by atoms with Crippen LogP contribution >= 0.6 is 0 Å². The first-order valence-electron chi connectivity index (χ1n) is 9.11. The molecule has 0 aliphatic carbocycles. The first kappa shape index (κ1) is 19.9. The van der Waals surface area contributed by atoms with Gasteiger partial charge in [0.2, 0.25) is 0 Å². The van der Waals surface area contributed by atoms with Gasteiger partial charge in [0, 0.05) is 16.8 Å². The minimum Gasteiger partial charge on any atom is -0.324 e. The molecule has 0 radical (unpaired) electrons. The Morgan fingerprint density at radius 1 is 1.04 bits per heavy atom. The molecule has 0 fully saturated rings. The Kier molecular flexibility index (Phi) is 6.70. The van der Waals surface area contributed by atoms with Gasteiger partial charge in [0.25, 0.3) is 5.91 Å². The normalized spacial score (nSPS) is 13.3. The van der Waals surface area contributed by atoms with Crippen LogP contribution in [-0.2, 0) is 11.3 Å². The predicted molar refractivity (Wildman–Crippen MR) is 106 cm³/mol. The number of likely N-dealkylation sites (N-methyl/N-ethyl adjacent to an activating group) is 1. The van der Waals surface area contributed by atoms with Crippen LogP contribution in [0.2, 0.25) is 0 Å². The molecule has 4 nitrogen and oxygen atoms in total. The number of carbonyl (C=O) groups excluding carboxylic acids is 2. The lowest BCUT2D eigenvalue weighted by molar-refractivity contribution is -0.907. The van der Waals surface area contributed by atoms with Crippen molar-refractivity contribution in [2.45, 2.75) is 46.2 Å². The summed E-state index contributed by atoms with van der Waals surface area (Å²) in [6.45, 7) is 8.58. The van der Waals surface area contributed by atoms with E-state index in [0.717, 1.165) is 11.4 Å². The first-order chi connectivity index (χ1) is 12.3. The molecule has 0 bridgehead atoms. The molecule has 0 saturated heterocycles. The van der Waals surface area contributed by atoms with Crippen LogP contribution in [0.1, 0.15) is 55.1 Å². The third-order valence-electron chi connectivity index (χ3n) is 4.80. The third-order valence-corrected chi connectivity index (χ3v) is 4.80.